The van der Waals surface area contributed by atoms with Gasteiger partial charge in [0.05, 0.1) is 22.8 Å². The molecular formula is C21H16Cl2N4O6. The summed E-state index contributed by atoms with van der Waals surface area (Å²) in [5.74, 6) is -0.533. The van der Waals surface area contributed by atoms with Crippen molar-refractivity contribution in [2.24, 2.45) is 0 Å². The number of nitrogens with zero attached hydrogens (tertiary/aromatic N) is 3. The maximum absolute atomic E-state index is 12.3. The molecule has 1 aliphatic heterocycles. The van der Waals surface area contributed by atoms with E-state index in [1.807, 2.05) is 4.98 Å². The zero-order valence-corrected chi connectivity index (χ0v) is 18.9. The number of methoxy groups -OCH3 is 1. The predicted molar refractivity (Wildman–Crippen MR) is 119 cm³/mol. The van der Waals surface area contributed by atoms with E-state index >= 15 is 0 Å². The largest absolute Gasteiger partial charge is 0.464 e. The number of halogens is 2. The second-order valence-corrected chi connectivity index (χ2v) is 7.96. The third-order valence-corrected chi connectivity index (χ3v) is 5.59. The number of hydrogen-bond acceptors (Lipinski definition) is 7. The van der Waals surface area contributed by atoms with Gasteiger partial charge >= 0.3 is 11.7 Å². The van der Waals surface area contributed by atoms with Gasteiger partial charge in [-0.15, -0.1) is 0 Å². The number of carbonyl (C=O) groups is 2. The summed E-state index contributed by atoms with van der Waals surface area (Å²) in [5, 5.41) is 3.86. The highest BCUT2D eigenvalue weighted by Crippen LogP contribution is 2.38. The zero-order valence-electron chi connectivity index (χ0n) is 17.3. The van der Waals surface area contributed by atoms with Crippen molar-refractivity contribution >= 4 is 35.1 Å². The molecule has 2 aromatic carbocycles. The highest BCUT2D eigenvalue weighted by molar-refractivity contribution is 6.37. The van der Waals surface area contributed by atoms with Crippen LogP contribution in [-0.2, 0) is 11.2 Å². The second-order valence-electron chi connectivity index (χ2n) is 7.15. The SMILES string of the molecule is COC(=O)c1nn(-c2cc(Cl)c(Oc3ccc4c(c3)CCN(C)C4=O)c(Cl)c2)c(=O)[nH]c1=O. The van der Waals surface area contributed by atoms with E-state index in [2.05, 4.69) is 9.84 Å². The molecule has 0 bridgehead atoms. The third-order valence-electron chi connectivity index (χ3n) is 5.02. The average molecular weight is 491 g/mol. The van der Waals surface area contributed by atoms with Crippen LogP contribution in [0.25, 0.3) is 5.69 Å². The van der Waals surface area contributed by atoms with Gasteiger partial charge in [0.25, 0.3) is 11.5 Å². The molecule has 0 saturated carbocycles. The van der Waals surface area contributed by atoms with Gasteiger partial charge in [0.2, 0.25) is 5.69 Å². The number of rotatable bonds is 4. The van der Waals surface area contributed by atoms with Crippen LogP contribution in [0.1, 0.15) is 26.4 Å². The Labute approximate surface area is 196 Å². The van der Waals surface area contributed by atoms with Crippen molar-refractivity contribution in [2.75, 3.05) is 20.7 Å². The summed E-state index contributed by atoms with van der Waals surface area (Å²) in [6.45, 7) is 0.597. The highest BCUT2D eigenvalue weighted by Gasteiger charge is 2.23. The van der Waals surface area contributed by atoms with Gasteiger partial charge < -0.3 is 14.4 Å². The maximum atomic E-state index is 12.3. The molecule has 1 aliphatic rings. The molecule has 4 rings (SSSR count). The smallest absolute Gasteiger partial charge is 0.364 e. The molecule has 12 heteroatoms. The molecule has 0 fully saturated rings. The lowest BCUT2D eigenvalue weighted by Gasteiger charge is -2.25. The second kappa shape index (κ2) is 8.72. The van der Waals surface area contributed by atoms with Gasteiger partial charge in [-0.2, -0.15) is 9.78 Å². The van der Waals surface area contributed by atoms with Gasteiger partial charge in [0.1, 0.15) is 5.75 Å². The normalized spacial score (nSPS) is 13.0. The Morgan fingerprint density at radius 1 is 1.12 bits per heavy atom. The van der Waals surface area contributed by atoms with Crippen LogP contribution < -0.4 is 16.0 Å². The molecule has 170 valence electrons. The number of fused-ring (bicyclic) bond motifs is 1. The van der Waals surface area contributed by atoms with Crippen LogP contribution in [0.2, 0.25) is 10.0 Å². The van der Waals surface area contributed by atoms with Gasteiger partial charge in [-0.05, 0) is 42.3 Å². The van der Waals surface area contributed by atoms with E-state index in [9.17, 15) is 19.2 Å². The first-order valence-electron chi connectivity index (χ1n) is 9.57. The zero-order chi connectivity index (χ0) is 23.9. The Morgan fingerprint density at radius 3 is 2.48 bits per heavy atom. The van der Waals surface area contributed by atoms with Crippen molar-refractivity contribution in [3.8, 4) is 17.2 Å². The molecule has 3 aromatic rings. The van der Waals surface area contributed by atoms with Crippen LogP contribution >= 0.6 is 23.2 Å². The summed E-state index contributed by atoms with van der Waals surface area (Å²) in [6.07, 6.45) is 0.679. The summed E-state index contributed by atoms with van der Waals surface area (Å²) >= 11 is 12.7. The molecular weight excluding hydrogens is 475 g/mol. The number of amides is 1. The molecule has 0 atom stereocenters. The number of H-pyrrole nitrogens is 1. The van der Waals surface area contributed by atoms with Crippen LogP contribution in [0.15, 0.2) is 39.9 Å². The summed E-state index contributed by atoms with van der Waals surface area (Å²) in [5.41, 5.74) is -0.968. The minimum atomic E-state index is -1.01. The number of nitrogens with one attached hydrogen (secondary N) is 1. The standard InChI is InChI=1S/C21H16Cl2N4O6/c1-26-6-5-10-7-12(3-4-13(10)19(26)29)33-17-14(22)8-11(9-15(17)23)27-21(31)24-18(28)16(25-27)20(30)32-2/h3-4,7-9H,5-6H2,1-2H3,(H,24,28,31). The van der Waals surface area contributed by atoms with Gasteiger partial charge in [-0.1, -0.05) is 23.2 Å². The van der Waals surface area contributed by atoms with Crippen LogP contribution in [0.4, 0.5) is 0 Å². The number of aromatic amines is 1. The number of hydrogen-bond donors (Lipinski definition) is 1. The lowest BCUT2D eigenvalue weighted by molar-refractivity contribution is 0.0588. The molecule has 2 heterocycles. The van der Waals surface area contributed by atoms with E-state index in [4.69, 9.17) is 27.9 Å². The fraction of sp³-hybridized carbons (Fsp3) is 0.190. The quantitative estimate of drug-likeness (QED) is 0.556. The number of esters is 1. The molecule has 1 aromatic heterocycles. The van der Waals surface area contributed by atoms with E-state index < -0.39 is 22.9 Å². The minimum Gasteiger partial charge on any atom is -0.464 e. The van der Waals surface area contributed by atoms with Gasteiger partial charge in [-0.25, -0.2) is 9.59 Å². The Bertz CT molecular complexity index is 1390. The van der Waals surface area contributed by atoms with Crippen molar-refractivity contribution in [1.82, 2.24) is 19.7 Å². The molecule has 10 nitrogen and oxygen atoms in total. The fourth-order valence-electron chi connectivity index (χ4n) is 3.33. The van der Waals surface area contributed by atoms with E-state index in [0.29, 0.717) is 24.3 Å². The molecule has 0 spiro atoms. The van der Waals surface area contributed by atoms with Crippen molar-refractivity contribution in [1.29, 1.82) is 0 Å². The van der Waals surface area contributed by atoms with Crippen molar-refractivity contribution < 1.29 is 19.1 Å². The molecule has 0 unspecified atom stereocenters. The van der Waals surface area contributed by atoms with Gasteiger partial charge in [-0.3, -0.25) is 14.6 Å². The van der Waals surface area contributed by atoms with Crippen molar-refractivity contribution in [2.45, 2.75) is 6.42 Å². The summed E-state index contributed by atoms with van der Waals surface area (Å²) in [6, 6.07) is 7.74. The Hall–Kier alpha value is -3.63. The number of carbonyl (C=O) groups excluding carboxylic acids is 2. The van der Waals surface area contributed by atoms with Crippen LogP contribution in [0.3, 0.4) is 0 Å². The molecule has 1 N–H and O–H groups in total. The average Bonchev–Trinajstić information content (AvgIpc) is 2.78. The minimum absolute atomic E-state index is 0.0468. The Morgan fingerprint density at radius 2 is 1.82 bits per heavy atom. The maximum Gasteiger partial charge on any atom is 0.364 e. The van der Waals surface area contributed by atoms with Crippen LogP contribution in [-0.4, -0.2) is 52.2 Å². The van der Waals surface area contributed by atoms with Crippen molar-refractivity contribution in [3.05, 3.63) is 78.0 Å². The first kappa shape index (κ1) is 22.6. The first-order chi connectivity index (χ1) is 15.7. The fourth-order valence-corrected chi connectivity index (χ4v) is 3.89. The lowest BCUT2D eigenvalue weighted by atomic mass is 9.99. The monoisotopic (exact) mass is 490 g/mol. The van der Waals surface area contributed by atoms with Gasteiger partial charge in [0.15, 0.2) is 5.75 Å². The van der Waals surface area contributed by atoms with E-state index in [1.165, 1.54) is 12.1 Å². The first-order valence-corrected chi connectivity index (χ1v) is 10.3. The van der Waals surface area contributed by atoms with E-state index in [0.717, 1.165) is 17.4 Å². The Kier molecular flexibility index (Phi) is 5.96. The molecule has 1 amide bonds. The summed E-state index contributed by atoms with van der Waals surface area (Å²) in [4.78, 5) is 51.7. The van der Waals surface area contributed by atoms with E-state index in [1.54, 1.807) is 30.1 Å². The molecule has 0 saturated heterocycles. The lowest BCUT2D eigenvalue weighted by Crippen LogP contribution is -2.36. The number of benzene rings is 2. The Balaban J connectivity index is 1.70. The summed E-state index contributed by atoms with van der Waals surface area (Å²) < 4.78 is 11.1. The van der Waals surface area contributed by atoms with E-state index in [-0.39, 0.29) is 27.4 Å². The van der Waals surface area contributed by atoms with Crippen LogP contribution in [0.5, 0.6) is 11.5 Å². The number of ether oxygens (including phenoxy) is 2. The molecule has 0 radical (unpaired) electrons. The van der Waals surface area contributed by atoms with Gasteiger partial charge in [0, 0.05) is 19.2 Å². The highest BCUT2D eigenvalue weighted by atomic mass is 35.5. The van der Waals surface area contributed by atoms with Crippen molar-refractivity contribution in [3.63, 3.8) is 0 Å². The molecule has 33 heavy (non-hydrogen) atoms. The molecule has 0 aliphatic carbocycles. The topological polar surface area (TPSA) is 124 Å². The summed E-state index contributed by atoms with van der Waals surface area (Å²) in [7, 11) is 2.82. The predicted octanol–water partition coefficient (Wildman–Crippen LogP) is 2.43. The number of aromatic nitrogens is 3. The third kappa shape index (κ3) is 4.22. The number of likely N-dealkylation sites (N-methyl/N-ethyl adjacent to an activating group) is 1. The van der Waals surface area contributed by atoms with Crippen LogP contribution in [0, 0.1) is 0 Å².